The van der Waals surface area contributed by atoms with Crippen LogP contribution in [0, 0.1) is 106 Å². The maximum Gasteiger partial charge on any atom is 0.247 e. The third-order valence-electron chi connectivity index (χ3n) is 4.81. The zero-order chi connectivity index (χ0) is 36.1. The van der Waals surface area contributed by atoms with Gasteiger partial charge in [0.1, 0.15) is 11.6 Å². The van der Waals surface area contributed by atoms with Crippen molar-refractivity contribution in [2.24, 2.45) is 31.4 Å². The van der Waals surface area contributed by atoms with Crippen molar-refractivity contribution >= 4 is 22.6 Å². The van der Waals surface area contributed by atoms with Crippen molar-refractivity contribution in [2.45, 2.75) is 6.92 Å². The first-order valence-electron chi connectivity index (χ1n) is 13.2. The molecule has 0 atom stereocenters. The standard InChI is InChI=1S/C17H13N7O.C17H4.HN7O.4H2/c1-2-17(25)22-12-3-4-13-15(5-12)24(10-19-13)16-9-18-8-14(23-16)11-6-20-21-7-11;1-3-5-7-9-11-13-15-17-16-14-12-10-8-6-4-2;1-2-3-4-5-6-7-8;;;;/h2-10H,1H2,(H,20,21)(H,22,25);1H,2H3;1H;4*1H/b;;2-1?,4-3+,6-5+;;;;. The van der Waals surface area contributed by atoms with Crippen molar-refractivity contribution in [1.29, 1.82) is 5.53 Å². The minimum atomic E-state index is -0.271. The number of anilines is 1. The quantitative estimate of drug-likeness (QED) is 0.0772. The Hall–Kier alpha value is -8.93. The molecule has 0 saturated carbocycles. The second-order valence-electron chi connectivity index (χ2n) is 7.82. The van der Waals surface area contributed by atoms with E-state index in [1.165, 1.54) is 6.08 Å². The summed E-state index contributed by atoms with van der Waals surface area (Å²) in [6, 6.07) is 5.45. The molecule has 0 aliphatic carbocycles. The number of aromatic nitrogens is 6. The van der Waals surface area contributed by atoms with Crippen LogP contribution in [0.15, 0.2) is 93.4 Å². The molecule has 0 spiro atoms. The van der Waals surface area contributed by atoms with Crippen molar-refractivity contribution in [3.63, 3.8) is 0 Å². The lowest BCUT2D eigenvalue weighted by molar-refractivity contribution is -0.111. The Morgan fingerprint density at radius 1 is 0.960 bits per heavy atom. The number of aromatic amines is 1. The van der Waals surface area contributed by atoms with E-state index in [4.69, 9.17) is 16.9 Å². The highest BCUT2D eigenvalue weighted by molar-refractivity contribution is 6.00. The molecular weight excluding hydrogens is 636 g/mol. The van der Waals surface area contributed by atoms with Crippen LogP contribution < -0.4 is 5.32 Å². The normalized spacial score (nSPS) is 8.32. The van der Waals surface area contributed by atoms with E-state index < -0.39 is 0 Å². The van der Waals surface area contributed by atoms with Crippen LogP contribution in [0.1, 0.15) is 12.6 Å². The number of carbonyl (C=O) groups is 1. The van der Waals surface area contributed by atoms with E-state index in [0.29, 0.717) is 17.2 Å². The average molecular weight is 663 g/mol. The number of H-pyrrole nitrogens is 1. The monoisotopic (exact) mass is 662 g/mol. The fourth-order valence-corrected chi connectivity index (χ4v) is 2.98. The Bertz CT molecular complexity index is 2410. The average Bonchev–Trinajstić information content (AvgIpc) is 3.84. The summed E-state index contributed by atoms with van der Waals surface area (Å²) in [5.74, 6) is 37.3. The lowest BCUT2D eigenvalue weighted by Gasteiger charge is -2.06. The van der Waals surface area contributed by atoms with Crippen LogP contribution >= 0.6 is 0 Å². The first-order valence-corrected chi connectivity index (χ1v) is 13.2. The molecule has 50 heavy (non-hydrogen) atoms. The van der Waals surface area contributed by atoms with Crippen molar-refractivity contribution in [1.82, 2.24) is 29.7 Å². The molecule has 0 aliphatic rings. The molecule has 0 unspecified atom stereocenters. The number of hydrogen-bond acceptors (Lipinski definition) is 7. The molecule has 3 heterocycles. The number of carbonyl (C=O) groups excluding carboxylic acids is 1. The summed E-state index contributed by atoms with van der Waals surface area (Å²) in [5.41, 5.74) is 9.78. The second-order valence-corrected chi connectivity index (χ2v) is 7.82. The summed E-state index contributed by atoms with van der Waals surface area (Å²) in [5, 5.41) is 24.4. The Morgan fingerprint density at radius 3 is 2.20 bits per heavy atom. The van der Waals surface area contributed by atoms with Crippen LogP contribution in [-0.2, 0) is 4.79 Å². The number of imidazole rings is 1. The van der Waals surface area contributed by atoms with Crippen molar-refractivity contribution < 1.29 is 10.5 Å². The van der Waals surface area contributed by atoms with Gasteiger partial charge in [-0.3, -0.25) is 19.4 Å². The van der Waals surface area contributed by atoms with Crippen LogP contribution in [0.3, 0.4) is 0 Å². The fraction of sp³-hybridized carbons (Fsp3) is 0.0294. The van der Waals surface area contributed by atoms with E-state index >= 15 is 0 Å². The minimum Gasteiger partial charge on any atom is -0.322 e. The van der Waals surface area contributed by atoms with Crippen LogP contribution in [0.4, 0.5) is 5.69 Å². The Kier molecular flexibility index (Phi) is 17.5. The largest absolute Gasteiger partial charge is 0.322 e. The van der Waals surface area contributed by atoms with Gasteiger partial charge in [0.05, 0.1) is 35.3 Å². The Labute approximate surface area is 291 Å². The van der Waals surface area contributed by atoms with Crippen LogP contribution in [0.25, 0.3) is 28.1 Å². The molecule has 4 aromatic rings. The van der Waals surface area contributed by atoms with Gasteiger partial charge in [-0.2, -0.15) is 10.6 Å². The zero-order valence-corrected chi connectivity index (χ0v) is 25.7. The Balaban J connectivity index is -0.000000791. The third kappa shape index (κ3) is 14.2. The van der Waals surface area contributed by atoms with E-state index in [2.05, 4.69) is 152 Å². The van der Waals surface area contributed by atoms with Crippen LogP contribution in [0.5, 0.6) is 0 Å². The maximum absolute atomic E-state index is 11.5. The van der Waals surface area contributed by atoms with Crippen LogP contribution in [-0.4, -0.2) is 35.6 Å². The van der Waals surface area contributed by atoms with Gasteiger partial charge < -0.3 is 5.32 Å². The molecule has 1 amide bonds. The first-order chi connectivity index (χ1) is 24.6. The lowest BCUT2D eigenvalue weighted by Crippen LogP contribution is -2.07. The molecule has 0 saturated heterocycles. The third-order valence-corrected chi connectivity index (χ3v) is 4.81. The van der Waals surface area contributed by atoms with Gasteiger partial charge in [0.25, 0.3) is 0 Å². The van der Waals surface area contributed by atoms with E-state index in [1.54, 1.807) is 44.1 Å². The maximum atomic E-state index is 11.5. The number of benzene rings is 1. The molecular formula is C34H26N14O2. The summed E-state index contributed by atoms with van der Waals surface area (Å²) >= 11 is 0. The fourth-order valence-electron chi connectivity index (χ4n) is 2.98. The van der Waals surface area contributed by atoms with Gasteiger partial charge in [0, 0.05) is 33.6 Å². The van der Waals surface area contributed by atoms with Gasteiger partial charge in [-0.15, -0.1) is 11.3 Å². The Morgan fingerprint density at radius 2 is 1.62 bits per heavy atom. The highest BCUT2D eigenvalue weighted by Gasteiger charge is 2.10. The van der Waals surface area contributed by atoms with Crippen molar-refractivity contribution in [2.75, 3.05) is 5.32 Å². The van der Waals surface area contributed by atoms with Crippen molar-refractivity contribution in [3.8, 4) is 112 Å². The summed E-state index contributed by atoms with van der Waals surface area (Å²) in [6.45, 7) is 5.15. The highest BCUT2D eigenvalue weighted by atomic mass is 16.3. The number of fused-ring (bicyclic) bond motifs is 1. The minimum absolute atomic E-state index is 0. The first kappa shape index (κ1) is 37.3. The predicted octanol–water partition coefficient (Wildman–Crippen LogP) is 5.41. The molecule has 16 nitrogen and oxygen atoms in total. The molecule has 0 fully saturated rings. The van der Waals surface area contributed by atoms with Gasteiger partial charge >= 0.3 is 0 Å². The summed E-state index contributed by atoms with van der Waals surface area (Å²) in [7, 11) is 0. The number of nitrogens with zero attached hydrogens (tertiary/aromatic N) is 11. The van der Waals surface area contributed by atoms with Gasteiger partial charge in [-0.25, -0.2) is 9.97 Å². The van der Waals surface area contributed by atoms with E-state index in [0.717, 1.165) is 16.6 Å². The molecule has 16 heteroatoms. The molecule has 4 rings (SSSR count). The van der Waals surface area contributed by atoms with Gasteiger partial charge in [0.15, 0.2) is 5.82 Å². The number of hydrogen-bond donors (Lipinski definition) is 3. The van der Waals surface area contributed by atoms with E-state index in [9.17, 15) is 4.79 Å². The number of nitroso groups, excluding NO2 is 1. The second kappa shape index (κ2) is 23.5. The molecule has 0 aliphatic heterocycles. The molecule has 3 N–H and O–H groups in total. The van der Waals surface area contributed by atoms with E-state index in [1.807, 2.05) is 22.0 Å². The van der Waals surface area contributed by atoms with E-state index in [-0.39, 0.29) is 11.6 Å². The molecule has 1 aromatic carbocycles. The van der Waals surface area contributed by atoms with Crippen molar-refractivity contribution in [3.05, 3.63) is 66.9 Å². The predicted molar refractivity (Wildman–Crippen MR) is 191 cm³/mol. The number of amides is 1. The topological polar surface area (TPSA) is 216 Å². The SMILES string of the molecule is C#CC#CC#CC#CC#CC#CC#CC#CC.C=CC(=O)Nc1ccc2ncn(-c3cncc(-c4cn[nH]c4)n3)c2c1.N=N/N=N/N=N/N=O.[HH].[HH].[HH].[HH]. The number of rotatable bonds is 7. The lowest BCUT2D eigenvalue weighted by atomic mass is 10.2. The summed E-state index contributed by atoms with van der Waals surface area (Å²) in [4.78, 5) is 33.8. The molecule has 0 radical (unpaired) electrons. The molecule has 3 aromatic heterocycles. The summed E-state index contributed by atoms with van der Waals surface area (Å²) < 4.78 is 1.81. The van der Waals surface area contributed by atoms with Crippen LogP contribution in [0.2, 0.25) is 0 Å². The smallest absolute Gasteiger partial charge is 0.247 e. The van der Waals surface area contributed by atoms with Gasteiger partial charge in [-0.05, 0) is 130 Å². The number of terminal acetylenes is 1. The highest BCUT2D eigenvalue weighted by Crippen LogP contribution is 2.22. The number of nitrogens with one attached hydrogen (secondary N) is 3. The summed E-state index contributed by atoms with van der Waals surface area (Å²) in [6.07, 6.45) is 14.5. The van der Waals surface area contributed by atoms with Gasteiger partial charge in [0.2, 0.25) is 5.91 Å². The molecule has 0 bridgehead atoms. The zero-order valence-electron chi connectivity index (χ0n) is 25.7. The molecule has 244 valence electrons. The van der Waals surface area contributed by atoms with Gasteiger partial charge in [-0.1, -0.05) is 12.5 Å².